The molecular formula is C25H34N2O5. The molecule has 0 atom stereocenters. The first kappa shape index (κ1) is 25.0. The smallest absolute Gasteiger partial charge is 0.271 e. The summed E-state index contributed by atoms with van der Waals surface area (Å²) in [5.74, 6) is 1.67. The molecule has 0 bridgehead atoms. The first-order valence-corrected chi connectivity index (χ1v) is 11.0. The molecule has 2 aromatic carbocycles. The molecule has 174 valence electrons. The lowest BCUT2D eigenvalue weighted by Crippen LogP contribution is -2.18. The number of nitrogens with zero attached hydrogens (tertiary/aromatic N) is 1. The number of methoxy groups -OCH3 is 3. The largest absolute Gasteiger partial charge is 0.494 e. The minimum atomic E-state index is -0.389. The van der Waals surface area contributed by atoms with E-state index in [1.165, 1.54) is 53.4 Å². The Bertz CT molecular complexity index is 840. The predicted molar refractivity (Wildman–Crippen MR) is 126 cm³/mol. The molecule has 2 aromatic rings. The summed E-state index contributed by atoms with van der Waals surface area (Å²) in [6.07, 6.45) is 9.01. The number of carbonyl (C=O) groups is 1. The number of unbranched alkanes of at least 4 members (excludes halogenated alkanes) is 5. The lowest BCUT2D eigenvalue weighted by Gasteiger charge is -2.13. The number of nitrogens with one attached hydrogen (secondary N) is 1. The van der Waals surface area contributed by atoms with E-state index in [1.54, 1.807) is 18.3 Å². The average Bonchev–Trinajstić information content (AvgIpc) is 2.83. The van der Waals surface area contributed by atoms with Gasteiger partial charge in [-0.2, -0.15) is 5.10 Å². The highest BCUT2D eigenvalue weighted by molar-refractivity contribution is 5.96. The Balaban J connectivity index is 1.84. The molecule has 0 saturated heterocycles. The summed E-state index contributed by atoms with van der Waals surface area (Å²) < 4.78 is 21.6. The number of benzene rings is 2. The van der Waals surface area contributed by atoms with E-state index in [9.17, 15) is 4.79 Å². The lowest BCUT2D eigenvalue weighted by atomic mass is 10.1. The van der Waals surface area contributed by atoms with Gasteiger partial charge in [0.25, 0.3) is 5.91 Å². The minimum Gasteiger partial charge on any atom is -0.494 e. The zero-order valence-corrected chi connectivity index (χ0v) is 19.5. The van der Waals surface area contributed by atoms with Crippen molar-refractivity contribution in [2.24, 2.45) is 5.10 Å². The number of rotatable bonds is 14. The Morgan fingerprint density at radius 1 is 0.906 bits per heavy atom. The molecule has 0 aliphatic carbocycles. The maximum Gasteiger partial charge on any atom is 0.271 e. The normalized spacial score (nSPS) is 10.8. The van der Waals surface area contributed by atoms with E-state index in [0.29, 0.717) is 22.8 Å². The van der Waals surface area contributed by atoms with Gasteiger partial charge in [0.2, 0.25) is 5.75 Å². The van der Waals surface area contributed by atoms with E-state index in [2.05, 4.69) is 17.5 Å². The number of hydrogen-bond donors (Lipinski definition) is 1. The van der Waals surface area contributed by atoms with Crippen LogP contribution in [0.15, 0.2) is 41.5 Å². The highest BCUT2D eigenvalue weighted by Gasteiger charge is 2.16. The van der Waals surface area contributed by atoms with Crippen molar-refractivity contribution in [1.29, 1.82) is 0 Å². The van der Waals surface area contributed by atoms with Crippen LogP contribution in [0.2, 0.25) is 0 Å². The number of amides is 1. The van der Waals surface area contributed by atoms with Gasteiger partial charge in [0.05, 0.1) is 34.2 Å². The fourth-order valence-corrected chi connectivity index (χ4v) is 3.16. The third kappa shape index (κ3) is 7.80. The maximum atomic E-state index is 12.5. The van der Waals surface area contributed by atoms with Gasteiger partial charge in [0.1, 0.15) is 5.75 Å². The zero-order valence-electron chi connectivity index (χ0n) is 19.5. The molecule has 0 fully saturated rings. The van der Waals surface area contributed by atoms with E-state index in [1.807, 2.05) is 24.3 Å². The maximum absolute atomic E-state index is 12.5. The third-order valence-corrected chi connectivity index (χ3v) is 4.95. The van der Waals surface area contributed by atoms with Crippen molar-refractivity contribution in [2.75, 3.05) is 27.9 Å². The molecule has 0 heterocycles. The molecule has 0 radical (unpaired) electrons. The molecule has 2 rings (SSSR count). The highest BCUT2D eigenvalue weighted by atomic mass is 16.5. The van der Waals surface area contributed by atoms with Gasteiger partial charge in [-0.15, -0.1) is 0 Å². The Morgan fingerprint density at radius 2 is 1.53 bits per heavy atom. The Hall–Kier alpha value is -3.22. The van der Waals surface area contributed by atoms with Crippen LogP contribution in [-0.4, -0.2) is 40.1 Å². The summed E-state index contributed by atoms with van der Waals surface area (Å²) in [6.45, 7) is 2.95. The number of hydrogen-bond acceptors (Lipinski definition) is 6. The second-order valence-corrected chi connectivity index (χ2v) is 7.30. The van der Waals surface area contributed by atoms with Gasteiger partial charge in [-0.1, -0.05) is 39.0 Å². The first-order chi connectivity index (χ1) is 15.6. The van der Waals surface area contributed by atoms with Crippen molar-refractivity contribution in [3.8, 4) is 23.0 Å². The van der Waals surface area contributed by atoms with Crippen LogP contribution in [0, 0.1) is 0 Å². The first-order valence-electron chi connectivity index (χ1n) is 11.0. The fraction of sp³-hybridized carbons (Fsp3) is 0.440. The van der Waals surface area contributed by atoms with E-state index in [-0.39, 0.29) is 5.91 Å². The number of carbonyl (C=O) groups excluding carboxylic acids is 1. The highest BCUT2D eigenvalue weighted by Crippen LogP contribution is 2.38. The molecular weight excluding hydrogens is 408 g/mol. The number of hydrazone groups is 1. The third-order valence-electron chi connectivity index (χ3n) is 4.95. The van der Waals surface area contributed by atoms with Crippen molar-refractivity contribution in [3.63, 3.8) is 0 Å². The van der Waals surface area contributed by atoms with Crippen molar-refractivity contribution in [1.82, 2.24) is 5.43 Å². The van der Waals surface area contributed by atoms with Gasteiger partial charge in [0.15, 0.2) is 11.5 Å². The summed E-state index contributed by atoms with van der Waals surface area (Å²) in [5, 5.41) is 4.03. The summed E-state index contributed by atoms with van der Waals surface area (Å²) >= 11 is 0. The molecule has 1 amide bonds. The quantitative estimate of drug-likeness (QED) is 0.247. The van der Waals surface area contributed by atoms with Crippen LogP contribution in [0.3, 0.4) is 0 Å². The zero-order chi connectivity index (χ0) is 23.2. The molecule has 0 spiro atoms. The van der Waals surface area contributed by atoms with Crippen LogP contribution in [0.25, 0.3) is 0 Å². The molecule has 0 unspecified atom stereocenters. The van der Waals surface area contributed by atoms with Crippen LogP contribution in [0.1, 0.15) is 61.4 Å². The SMILES string of the molecule is CCCCCCCCOc1ccc(/C=N\NC(=O)c2cc(OC)c(OC)c(OC)c2)cc1. The van der Waals surface area contributed by atoms with Crippen LogP contribution in [0.4, 0.5) is 0 Å². The van der Waals surface area contributed by atoms with E-state index >= 15 is 0 Å². The van der Waals surface area contributed by atoms with Crippen molar-refractivity contribution in [3.05, 3.63) is 47.5 Å². The lowest BCUT2D eigenvalue weighted by molar-refractivity contribution is 0.0954. The average molecular weight is 443 g/mol. The van der Waals surface area contributed by atoms with E-state index < -0.39 is 0 Å². The second kappa shape index (κ2) is 14.0. The summed E-state index contributed by atoms with van der Waals surface area (Å²) in [7, 11) is 4.51. The van der Waals surface area contributed by atoms with Gasteiger partial charge in [0, 0.05) is 5.56 Å². The van der Waals surface area contributed by atoms with Crippen LogP contribution in [-0.2, 0) is 0 Å². The van der Waals surface area contributed by atoms with E-state index in [0.717, 1.165) is 24.3 Å². The fourth-order valence-electron chi connectivity index (χ4n) is 3.16. The summed E-state index contributed by atoms with van der Waals surface area (Å²) in [4.78, 5) is 12.5. The van der Waals surface area contributed by atoms with Crippen molar-refractivity contribution in [2.45, 2.75) is 45.4 Å². The minimum absolute atomic E-state index is 0.343. The topological polar surface area (TPSA) is 78.4 Å². The molecule has 0 saturated carbocycles. The van der Waals surface area contributed by atoms with Crippen molar-refractivity contribution < 1.29 is 23.7 Å². The number of ether oxygens (including phenoxy) is 4. The van der Waals surface area contributed by atoms with Gasteiger partial charge < -0.3 is 18.9 Å². The standard InChI is InChI=1S/C25H34N2O5/c1-5-6-7-8-9-10-15-32-21-13-11-19(12-14-21)18-26-27-25(28)20-16-22(29-2)24(31-4)23(17-20)30-3/h11-14,16-18H,5-10,15H2,1-4H3,(H,27,28)/b26-18-. The molecule has 0 aliphatic heterocycles. The van der Waals surface area contributed by atoms with Crippen LogP contribution in [0.5, 0.6) is 23.0 Å². The van der Waals surface area contributed by atoms with Crippen LogP contribution >= 0.6 is 0 Å². The Kier molecular flexibility index (Phi) is 10.9. The molecule has 32 heavy (non-hydrogen) atoms. The van der Waals surface area contributed by atoms with Crippen LogP contribution < -0.4 is 24.4 Å². The van der Waals surface area contributed by atoms with E-state index in [4.69, 9.17) is 18.9 Å². The summed E-state index contributed by atoms with van der Waals surface area (Å²) in [6, 6.07) is 10.7. The molecule has 1 N–H and O–H groups in total. The van der Waals surface area contributed by atoms with Crippen molar-refractivity contribution >= 4 is 12.1 Å². The van der Waals surface area contributed by atoms with Gasteiger partial charge >= 0.3 is 0 Å². The summed E-state index contributed by atoms with van der Waals surface area (Å²) in [5.41, 5.74) is 3.70. The monoisotopic (exact) mass is 442 g/mol. The predicted octanol–water partition coefficient (Wildman–Crippen LogP) is 5.22. The Morgan fingerprint density at radius 3 is 2.12 bits per heavy atom. The van der Waals surface area contributed by atoms with Gasteiger partial charge in [-0.05, 0) is 48.4 Å². The second-order valence-electron chi connectivity index (χ2n) is 7.30. The van der Waals surface area contributed by atoms with Gasteiger partial charge in [-0.25, -0.2) is 5.43 Å². The van der Waals surface area contributed by atoms with Gasteiger partial charge in [-0.3, -0.25) is 4.79 Å². The molecule has 0 aliphatic rings. The molecule has 7 heteroatoms. The molecule has 0 aromatic heterocycles. The Labute approximate surface area is 190 Å². The molecule has 7 nitrogen and oxygen atoms in total.